The molecule has 0 aliphatic carbocycles. The summed E-state index contributed by atoms with van der Waals surface area (Å²) in [6.07, 6.45) is -0.235. The Kier molecular flexibility index (Phi) is 6.84. The molecule has 0 amide bonds. The fourth-order valence-electron chi connectivity index (χ4n) is 0.622. The Morgan fingerprint density at radius 3 is 2.30 bits per heavy atom. The number of rotatable bonds is 6. The lowest BCUT2D eigenvalue weighted by molar-refractivity contribution is 0.570. The van der Waals surface area contributed by atoms with Gasteiger partial charge in [-0.05, 0) is 6.54 Å². The van der Waals surface area contributed by atoms with Crippen molar-refractivity contribution in [3.8, 4) is 0 Å². The van der Waals surface area contributed by atoms with Gasteiger partial charge in [-0.25, -0.2) is 0 Å². The van der Waals surface area contributed by atoms with E-state index >= 15 is 0 Å². The van der Waals surface area contributed by atoms with Crippen LogP contribution in [0.15, 0.2) is 0 Å². The Labute approximate surface area is 62.3 Å². The second-order valence-electron chi connectivity index (χ2n) is 2.22. The van der Waals surface area contributed by atoms with Gasteiger partial charge in [-0.1, -0.05) is 6.92 Å². The smallest absolute Gasteiger partial charge is 0.0649 e. The Morgan fingerprint density at radius 2 is 1.80 bits per heavy atom. The molecular weight excluding hydrogens is 128 g/mol. The zero-order chi connectivity index (χ0) is 7.82. The Morgan fingerprint density at radius 1 is 1.20 bits per heavy atom. The molecular formula is C6H18N4. The SMILES string of the molecule is CCNCCNCC(N)N. The summed E-state index contributed by atoms with van der Waals surface area (Å²) >= 11 is 0. The van der Waals surface area contributed by atoms with Crippen LogP contribution in [0.25, 0.3) is 0 Å². The number of hydrogen-bond acceptors (Lipinski definition) is 4. The van der Waals surface area contributed by atoms with Crippen molar-refractivity contribution in [1.29, 1.82) is 0 Å². The Bertz CT molecular complexity index is 64.8. The predicted molar refractivity (Wildman–Crippen MR) is 43.6 cm³/mol. The molecule has 0 atom stereocenters. The summed E-state index contributed by atoms with van der Waals surface area (Å²) in [5, 5.41) is 6.28. The average Bonchev–Trinajstić information content (AvgIpc) is 1.87. The molecule has 0 fully saturated rings. The van der Waals surface area contributed by atoms with Gasteiger partial charge in [0.2, 0.25) is 0 Å². The second-order valence-corrected chi connectivity index (χ2v) is 2.22. The molecule has 0 saturated carbocycles. The standard InChI is InChI=1S/C6H18N4/c1-2-9-3-4-10-5-6(7)8/h6,9-10H,2-5,7-8H2,1H3. The molecule has 0 unspecified atom stereocenters. The van der Waals surface area contributed by atoms with Gasteiger partial charge in [0.25, 0.3) is 0 Å². The van der Waals surface area contributed by atoms with Crippen LogP contribution >= 0.6 is 0 Å². The third kappa shape index (κ3) is 7.84. The topological polar surface area (TPSA) is 76.1 Å². The van der Waals surface area contributed by atoms with E-state index in [0.29, 0.717) is 6.54 Å². The van der Waals surface area contributed by atoms with Crippen LogP contribution in [-0.4, -0.2) is 32.3 Å². The van der Waals surface area contributed by atoms with Crippen molar-refractivity contribution in [3.05, 3.63) is 0 Å². The van der Waals surface area contributed by atoms with E-state index in [4.69, 9.17) is 11.5 Å². The molecule has 4 nitrogen and oxygen atoms in total. The maximum atomic E-state index is 5.30. The van der Waals surface area contributed by atoms with Gasteiger partial charge in [0.1, 0.15) is 0 Å². The van der Waals surface area contributed by atoms with Crippen LogP contribution in [-0.2, 0) is 0 Å². The van der Waals surface area contributed by atoms with E-state index in [1.54, 1.807) is 0 Å². The average molecular weight is 146 g/mol. The van der Waals surface area contributed by atoms with Crippen LogP contribution in [0, 0.1) is 0 Å². The molecule has 0 aromatic rings. The molecule has 0 heterocycles. The normalized spacial score (nSPS) is 10.8. The first-order valence-electron chi connectivity index (χ1n) is 3.70. The van der Waals surface area contributed by atoms with Gasteiger partial charge in [0.15, 0.2) is 0 Å². The van der Waals surface area contributed by atoms with E-state index in [0.717, 1.165) is 19.6 Å². The van der Waals surface area contributed by atoms with Crippen molar-refractivity contribution in [2.45, 2.75) is 13.1 Å². The minimum absolute atomic E-state index is 0.235. The maximum Gasteiger partial charge on any atom is 0.0649 e. The molecule has 0 radical (unpaired) electrons. The monoisotopic (exact) mass is 146 g/mol. The molecule has 0 aliphatic heterocycles. The molecule has 62 valence electrons. The number of nitrogens with one attached hydrogen (secondary N) is 2. The highest BCUT2D eigenvalue weighted by Gasteiger charge is 1.90. The third-order valence-electron chi connectivity index (χ3n) is 1.11. The zero-order valence-corrected chi connectivity index (χ0v) is 6.56. The first-order valence-corrected chi connectivity index (χ1v) is 3.70. The summed E-state index contributed by atoms with van der Waals surface area (Å²) in [4.78, 5) is 0. The maximum absolute atomic E-state index is 5.30. The highest BCUT2D eigenvalue weighted by Crippen LogP contribution is 1.61. The minimum atomic E-state index is -0.235. The lowest BCUT2D eigenvalue weighted by Crippen LogP contribution is -2.42. The molecule has 10 heavy (non-hydrogen) atoms. The van der Waals surface area contributed by atoms with Crippen LogP contribution in [0.1, 0.15) is 6.92 Å². The summed E-state index contributed by atoms with van der Waals surface area (Å²) in [5.74, 6) is 0. The molecule has 0 bridgehead atoms. The molecule has 4 heteroatoms. The molecule has 6 N–H and O–H groups in total. The van der Waals surface area contributed by atoms with Gasteiger partial charge in [-0.15, -0.1) is 0 Å². The number of hydrogen-bond donors (Lipinski definition) is 4. The van der Waals surface area contributed by atoms with Crippen LogP contribution in [0.2, 0.25) is 0 Å². The predicted octanol–water partition coefficient (Wildman–Crippen LogP) is -1.57. The molecule has 0 aromatic carbocycles. The third-order valence-corrected chi connectivity index (χ3v) is 1.11. The van der Waals surface area contributed by atoms with Gasteiger partial charge < -0.3 is 22.1 Å². The summed E-state index contributed by atoms with van der Waals surface area (Å²) in [6, 6.07) is 0. The fraction of sp³-hybridized carbons (Fsp3) is 1.00. The summed E-state index contributed by atoms with van der Waals surface area (Å²) in [7, 11) is 0. The van der Waals surface area contributed by atoms with Crippen molar-refractivity contribution in [3.63, 3.8) is 0 Å². The van der Waals surface area contributed by atoms with Gasteiger partial charge >= 0.3 is 0 Å². The summed E-state index contributed by atoms with van der Waals surface area (Å²) in [6.45, 7) is 5.68. The van der Waals surface area contributed by atoms with E-state index in [-0.39, 0.29) is 6.17 Å². The quantitative estimate of drug-likeness (QED) is 0.270. The summed E-state index contributed by atoms with van der Waals surface area (Å²) < 4.78 is 0. The Balaban J connectivity index is 2.77. The number of nitrogens with two attached hydrogens (primary N) is 2. The van der Waals surface area contributed by atoms with Crippen molar-refractivity contribution in [2.75, 3.05) is 26.2 Å². The van der Waals surface area contributed by atoms with Gasteiger partial charge in [-0.3, -0.25) is 0 Å². The zero-order valence-electron chi connectivity index (χ0n) is 6.56. The summed E-state index contributed by atoms with van der Waals surface area (Å²) in [5.41, 5.74) is 10.6. The van der Waals surface area contributed by atoms with Crippen LogP contribution in [0.3, 0.4) is 0 Å². The fourth-order valence-corrected chi connectivity index (χ4v) is 0.622. The second kappa shape index (κ2) is 6.95. The molecule has 0 saturated heterocycles. The van der Waals surface area contributed by atoms with Crippen molar-refractivity contribution in [2.24, 2.45) is 11.5 Å². The van der Waals surface area contributed by atoms with E-state index in [2.05, 4.69) is 17.6 Å². The van der Waals surface area contributed by atoms with E-state index in [1.807, 2.05) is 0 Å². The molecule has 0 aromatic heterocycles. The van der Waals surface area contributed by atoms with Crippen LogP contribution in [0.4, 0.5) is 0 Å². The van der Waals surface area contributed by atoms with E-state index in [9.17, 15) is 0 Å². The minimum Gasteiger partial charge on any atom is -0.316 e. The van der Waals surface area contributed by atoms with Gasteiger partial charge in [0, 0.05) is 19.6 Å². The lowest BCUT2D eigenvalue weighted by atomic mass is 10.5. The van der Waals surface area contributed by atoms with Gasteiger partial charge in [0.05, 0.1) is 6.17 Å². The first-order chi connectivity index (χ1) is 4.77. The molecule has 0 spiro atoms. The van der Waals surface area contributed by atoms with Gasteiger partial charge in [-0.2, -0.15) is 0 Å². The van der Waals surface area contributed by atoms with Crippen LogP contribution in [0.5, 0.6) is 0 Å². The first kappa shape index (κ1) is 9.84. The lowest BCUT2D eigenvalue weighted by Gasteiger charge is -2.06. The molecule has 0 rings (SSSR count). The van der Waals surface area contributed by atoms with E-state index < -0.39 is 0 Å². The largest absolute Gasteiger partial charge is 0.316 e. The van der Waals surface area contributed by atoms with Crippen LogP contribution < -0.4 is 22.1 Å². The van der Waals surface area contributed by atoms with Crippen molar-refractivity contribution in [1.82, 2.24) is 10.6 Å². The van der Waals surface area contributed by atoms with Crippen molar-refractivity contribution >= 4 is 0 Å². The Hall–Kier alpha value is -0.160. The van der Waals surface area contributed by atoms with Crippen molar-refractivity contribution < 1.29 is 0 Å². The number of likely N-dealkylation sites (N-methyl/N-ethyl adjacent to an activating group) is 1. The highest BCUT2D eigenvalue weighted by atomic mass is 15.0. The molecule has 0 aliphatic rings. The highest BCUT2D eigenvalue weighted by molar-refractivity contribution is 4.56. The van der Waals surface area contributed by atoms with E-state index in [1.165, 1.54) is 0 Å².